The molecule has 2 heterocycles. The topological polar surface area (TPSA) is 36.9 Å². The van der Waals surface area contributed by atoms with Gasteiger partial charge in [-0.05, 0) is 62.2 Å². The second kappa shape index (κ2) is 9.37. The number of aryl methyl sites for hydroxylation is 1. The van der Waals surface area contributed by atoms with Gasteiger partial charge >= 0.3 is 0 Å². The first kappa shape index (κ1) is 21.3. The molecular weight excluding hydrogens is 398 g/mol. The monoisotopic (exact) mass is 425 g/mol. The minimum Gasteiger partial charge on any atom is -0.501 e. The molecule has 0 spiro atoms. The molecule has 0 aromatic carbocycles. The Morgan fingerprint density at radius 3 is 2.79 bits per heavy atom. The summed E-state index contributed by atoms with van der Waals surface area (Å²) in [5.41, 5.74) is 5.61. The molecule has 0 fully saturated rings. The normalized spacial score (nSPS) is 17.2. The van der Waals surface area contributed by atoms with Crippen molar-refractivity contribution in [1.82, 2.24) is 5.01 Å². The van der Waals surface area contributed by atoms with Gasteiger partial charge in [0.25, 0.3) is 0 Å². The molecule has 0 bridgehead atoms. The molecule has 0 amide bonds. The van der Waals surface area contributed by atoms with Crippen molar-refractivity contribution in [3.8, 4) is 0 Å². The first-order valence-corrected chi connectivity index (χ1v) is 10.9. The number of nitrogens with zero attached hydrogens (tertiary/aromatic N) is 2. The molecule has 3 rings (SSSR count). The highest BCUT2D eigenvalue weighted by Crippen LogP contribution is 2.37. The number of hydrogen-bond donors (Lipinski definition) is 1. The minimum absolute atomic E-state index is 0.619. The lowest BCUT2D eigenvalue weighted by molar-refractivity contribution is 0.274. The van der Waals surface area contributed by atoms with Crippen molar-refractivity contribution in [2.24, 2.45) is 5.10 Å². The van der Waals surface area contributed by atoms with E-state index in [9.17, 15) is 0 Å². The molecular formula is C23H27N3OS2. The molecule has 1 N–H and O–H groups in total. The van der Waals surface area contributed by atoms with Crippen LogP contribution in [0.4, 0.5) is 5.00 Å². The predicted octanol–water partition coefficient (Wildman–Crippen LogP) is 6.02. The minimum atomic E-state index is 0.619. The van der Waals surface area contributed by atoms with Gasteiger partial charge in [0.1, 0.15) is 10.7 Å². The third-order valence-corrected chi connectivity index (χ3v) is 6.54. The second-order valence-corrected chi connectivity index (χ2v) is 8.54. The Hall–Kier alpha value is -2.44. The number of thiocarbonyl (C=S) groups is 1. The summed E-state index contributed by atoms with van der Waals surface area (Å²) in [7, 11) is 1.72. The van der Waals surface area contributed by atoms with Crippen LogP contribution in [0.1, 0.15) is 35.8 Å². The molecule has 1 aromatic rings. The Morgan fingerprint density at radius 2 is 2.17 bits per heavy atom. The number of allylic oxidation sites excluding steroid dienone is 8. The summed E-state index contributed by atoms with van der Waals surface area (Å²) in [4.78, 5) is 1.27. The molecule has 0 saturated heterocycles. The number of fused-ring (bicyclic) bond motifs is 1. The SMILES string of the molecule is C=C/C=C\C(=C/C)C1=NN(CC2=CC=C(OC)CC2)C(=S)Nc2sc(C)c(C)c21. The molecule has 1 aliphatic carbocycles. The van der Waals surface area contributed by atoms with E-state index in [-0.39, 0.29) is 0 Å². The summed E-state index contributed by atoms with van der Waals surface area (Å²) in [6.07, 6.45) is 13.8. The average Bonchev–Trinajstić information content (AvgIpc) is 2.92. The summed E-state index contributed by atoms with van der Waals surface area (Å²) in [6.45, 7) is 10.8. The van der Waals surface area contributed by atoms with Gasteiger partial charge in [0.15, 0.2) is 5.11 Å². The van der Waals surface area contributed by atoms with Crippen LogP contribution < -0.4 is 5.32 Å². The molecule has 152 valence electrons. The highest BCUT2D eigenvalue weighted by Gasteiger charge is 2.26. The Balaban J connectivity index is 2.04. The van der Waals surface area contributed by atoms with E-state index in [0.29, 0.717) is 11.7 Å². The second-order valence-electron chi connectivity index (χ2n) is 6.92. The number of nitrogens with one attached hydrogen (secondary N) is 1. The lowest BCUT2D eigenvalue weighted by atomic mass is 9.99. The third-order valence-electron chi connectivity index (χ3n) is 5.11. The van der Waals surface area contributed by atoms with Gasteiger partial charge in [-0.1, -0.05) is 37.0 Å². The lowest BCUT2D eigenvalue weighted by Gasteiger charge is -2.22. The molecule has 1 aliphatic heterocycles. The molecule has 29 heavy (non-hydrogen) atoms. The first-order valence-electron chi connectivity index (χ1n) is 9.64. The number of hydrazone groups is 1. The van der Waals surface area contributed by atoms with Crippen molar-refractivity contribution in [2.75, 3.05) is 19.0 Å². The van der Waals surface area contributed by atoms with Crippen molar-refractivity contribution < 1.29 is 4.74 Å². The molecule has 0 unspecified atom stereocenters. The maximum Gasteiger partial charge on any atom is 0.195 e. The zero-order chi connectivity index (χ0) is 21.0. The van der Waals surface area contributed by atoms with Crippen LogP contribution in [-0.4, -0.2) is 29.5 Å². The summed E-state index contributed by atoms with van der Waals surface area (Å²) < 4.78 is 5.34. The Bertz CT molecular complexity index is 976. The highest BCUT2D eigenvalue weighted by molar-refractivity contribution is 7.80. The van der Waals surface area contributed by atoms with E-state index in [1.54, 1.807) is 24.5 Å². The van der Waals surface area contributed by atoms with Crippen molar-refractivity contribution in [2.45, 2.75) is 33.6 Å². The standard InChI is InChI=1S/C23H27N3OS2/c1-6-8-9-18(7-2)21-20-15(3)16(4)29-22(20)24-23(28)26(25-21)14-17-10-12-19(27-5)13-11-17/h6-10,12H,1,11,13-14H2,2-5H3,(H,24,28)/b9-8-,18-7+. The largest absolute Gasteiger partial charge is 0.501 e. The Kier molecular flexibility index (Phi) is 6.87. The smallest absolute Gasteiger partial charge is 0.195 e. The summed E-state index contributed by atoms with van der Waals surface area (Å²) in [5, 5.41) is 12.0. The molecule has 1 aromatic heterocycles. The fourth-order valence-corrected chi connectivity index (χ4v) is 4.66. The van der Waals surface area contributed by atoms with Gasteiger partial charge in [0.2, 0.25) is 0 Å². The van der Waals surface area contributed by atoms with Gasteiger partial charge in [0, 0.05) is 16.9 Å². The van der Waals surface area contributed by atoms with Crippen LogP contribution in [0.3, 0.4) is 0 Å². The highest BCUT2D eigenvalue weighted by atomic mass is 32.1. The van der Waals surface area contributed by atoms with Crippen LogP contribution >= 0.6 is 23.6 Å². The fourth-order valence-electron chi connectivity index (χ4n) is 3.33. The quantitative estimate of drug-likeness (QED) is 0.447. The maximum absolute atomic E-state index is 5.71. The van der Waals surface area contributed by atoms with E-state index >= 15 is 0 Å². The molecule has 0 saturated carbocycles. The number of hydrogen-bond acceptors (Lipinski definition) is 4. The van der Waals surface area contributed by atoms with Gasteiger partial charge in [-0.25, -0.2) is 5.01 Å². The lowest BCUT2D eigenvalue weighted by Crippen LogP contribution is -2.31. The number of anilines is 1. The van der Waals surface area contributed by atoms with E-state index in [4.69, 9.17) is 22.1 Å². The summed E-state index contributed by atoms with van der Waals surface area (Å²) in [6, 6.07) is 0. The number of thiophene rings is 1. The van der Waals surface area contributed by atoms with E-state index in [0.717, 1.165) is 40.5 Å². The first-order chi connectivity index (χ1) is 14.0. The zero-order valence-corrected chi connectivity index (χ0v) is 19.0. The predicted molar refractivity (Wildman–Crippen MR) is 129 cm³/mol. The van der Waals surface area contributed by atoms with Crippen molar-refractivity contribution in [1.29, 1.82) is 0 Å². The van der Waals surface area contributed by atoms with Crippen LogP contribution in [0.15, 0.2) is 65.0 Å². The zero-order valence-electron chi connectivity index (χ0n) is 17.4. The molecule has 2 aliphatic rings. The molecule has 0 radical (unpaired) electrons. The average molecular weight is 426 g/mol. The van der Waals surface area contributed by atoms with Gasteiger partial charge in [-0.2, -0.15) is 5.10 Å². The Labute approximate surface area is 182 Å². The molecule has 6 heteroatoms. The third kappa shape index (κ3) is 4.60. The Morgan fingerprint density at radius 1 is 1.38 bits per heavy atom. The maximum atomic E-state index is 5.71. The van der Waals surface area contributed by atoms with E-state index < -0.39 is 0 Å². The van der Waals surface area contributed by atoms with E-state index in [1.165, 1.54) is 16.0 Å². The van der Waals surface area contributed by atoms with Crippen LogP contribution in [0.5, 0.6) is 0 Å². The molecule has 0 atom stereocenters. The number of methoxy groups -OCH3 is 1. The summed E-state index contributed by atoms with van der Waals surface area (Å²) >= 11 is 7.44. The van der Waals surface area contributed by atoms with Gasteiger partial charge in [-0.15, -0.1) is 11.3 Å². The van der Waals surface area contributed by atoms with Crippen molar-refractivity contribution >= 4 is 39.4 Å². The van der Waals surface area contributed by atoms with Crippen molar-refractivity contribution in [3.05, 3.63) is 75.9 Å². The summed E-state index contributed by atoms with van der Waals surface area (Å²) in [5.74, 6) is 1.01. The van der Waals surface area contributed by atoms with Gasteiger partial charge in [-0.3, -0.25) is 0 Å². The van der Waals surface area contributed by atoms with E-state index in [1.807, 2.05) is 30.2 Å². The van der Waals surface area contributed by atoms with Crippen LogP contribution in [0.25, 0.3) is 0 Å². The van der Waals surface area contributed by atoms with Crippen molar-refractivity contribution in [3.63, 3.8) is 0 Å². The van der Waals surface area contributed by atoms with Crippen LogP contribution in [0.2, 0.25) is 0 Å². The van der Waals surface area contributed by atoms with Gasteiger partial charge < -0.3 is 10.1 Å². The fraction of sp³-hybridized carbons (Fsp3) is 0.304. The number of rotatable bonds is 6. The van der Waals surface area contributed by atoms with Gasteiger partial charge in [0.05, 0.1) is 19.4 Å². The van der Waals surface area contributed by atoms with E-state index in [2.05, 4.69) is 37.9 Å². The van der Waals surface area contributed by atoms with Crippen LogP contribution in [0, 0.1) is 13.8 Å². The molecule has 4 nitrogen and oxygen atoms in total. The van der Waals surface area contributed by atoms with Crippen LogP contribution in [-0.2, 0) is 4.74 Å². The number of ether oxygens (including phenoxy) is 1.